The molecular weight excluding hydrogens is 348 g/mol. The van der Waals surface area contributed by atoms with Crippen LogP contribution in [0.15, 0.2) is 73.1 Å². The topological polar surface area (TPSA) is 58.1 Å². The second kappa shape index (κ2) is 8.76. The van der Waals surface area contributed by atoms with Crippen LogP contribution >= 0.6 is 0 Å². The van der Waals surface area contributed by atoms with E-state index in [4.69, 9.17) is 0 Å². The summed E-state index contributed by atoms with van der Waals surface area (Å²) in [5.74, 6) is 1.16. The molecule has 2 heterocycles. The normalized spacial score (nSPS) is 16.8. The van der Waals surface area contributed by atoms with Crippen LogP contribution in [0.4, 0.5) is 0 Å². The van der Waals surface area contributed by atoms with E-state index in [1.807, 2.05) is 24.3 Å². The molecule has 3 aromatic rings. The first-order chi connectivity index (χ1) is 13.8. The number of rotatable bonds is 6. The van der Waals surface area contributed by atoms with Crippen molar-refractivity contribution in [2.45, 2.75) is 12.3 Å². The Bertz CT molecular complexity index is 914. The highest BCUT2D eigenvalue weighted by atomic mass is 16.1. The average molecular weight is 372 g/mol. The van der Waals surface area contributed by atoms with Gasteiger partial charge in [0, 0.05) is 43.2 Å². The van der Waals surface area contributed by atoms with Gasteiger partial charge in [-0.3, -0.25) is 4.79 Å². The van der Waals surface area contributed by atoms with Crippen LogP contribution in [-0.2, 0) is 0 Å². The van der Waals surface area contributed by atoms with Crippen LogP contribution in [0.2, 0.25) is 0 Å². The molecule has 1 saturated heterocycles. The predicted molar refractivity (Wildman–Crippen MR) is 110 cm³/mol. The summed E-state index contributed by atoms with van der Waals surface area (Å²) in [4.78, 5) is 23.4. The molecule has 1 aliphatic heterocycles. The van der Waals surface area contributed by atoms with Crippen molar-refractivity contribution in [3.8, 4) is 11.4 Å². The number of hydrogen-bond acceptors (Lipinski definition) is 4. The number of nitrogens with zero attached hydrogens (tertiary/aromatic N) is 3. The van der Waals surface area contributed by atoms with Gasteiger partial charge in [0.25, 0.3) is 5.91 Å². The zero-order valence-corrected chi connectivity index (χ0v) is 15.8. The van der Waals surface area contributed by atoms with Crippen molar-refractivity contribution in [3.05, 3.63) is 84.2 Å². The summed E-state index contributed by atoms with van der Waals surface area (Å²) in [6.07, 6.45) is 4.58. The van der Waals surface area contributed by atoms with Crippen molar-refractivity contribution < 1.29 is 4.79 Å². The fourth-order valence-corrected chi connectivity index (χ4v) is 3.71. The average Bonchev–Trinajstić information content (AvgIpc) is 3.24. The number of amides is 1. The summed E-state index contributed by atoms with van der Waals surface area (Å²) in [5, 5.41) is 3.04. The standard InChI is InChI=1S/C23H24N4O/c28-23(20-9-4-8-19(16-20)22-24-11-5-12-25-22)26-13-15-27-14-10-21(17-27)18-6-2-1-3-7-18/h1-9,11-12,16,21H,10,13-15,17H2,(H,26,28)/t21-/m0/s1. The maximum Gasteiger partial charge on any atom is 0.251 e. The molecule has 28 heavy (non-hydrogen) atoms. The van der Waals surface area contributed by atoms with E-state index in [-0.39, 0.29) is 5.91 Å². The Morgan fingerprint density at radius 3 is 2.68 bits per heavy atom. The third kappa shape index (κ3) is 4.43. The van der Waals surface area contributed by atoms with Crippen LogP contribution in [-0.4, -0.2) is 47.0 Å². The molecule has 5 nitrogen and oxygen atoms in total. The fourth-order valence-electron chi connectivity index (χ4n) is 3.71. The Labute approximate surface area is 165 Å². The quantitative estimate of drug-likeness (QED) is 0.721. The molecular formula is C23H24N4O. The van der Waals surface area contributed by atoms with E-state index in [0.29, 0.717) is 23.9 Å². The van der Waals surface area contributed by atoms with Gasteiger partial charge in [-0.2, -0.15) is 0 Å². The SMILES string of the molecule is O=C(NCCN1CC[C@H](c2ccccc2)C1)c1cccc(-c2ncccn2)c1. The third-order valence-electron chi connectivity index (χ3n) is 5.21. The second-order valence-corrected chi connectivity index (χ2v) is 7.11. The van der Waals surface area contributed by atoms with E-state index in [0.717, 1.165) is 25.2 Å². The summed E-state index contributed by atoms with van der Waals surface area (Å²) in [6.45, 7) is 3.65. The van der Waals surface area contributed by atoms with Gasteiger partial charge in [0.2, 0.25) is 0 Å². The lowest BCUT2D eigenvalue weighted by atomic mass is 9.99. The fraction of sp³-hybridized carbons (Fsp3) is 0.261. The van der Waals surface area contributed by atoms with Crippen LogP contribution in [0.1, 0.15) is 28.3 Å². The predicted octanol–water partition coefficient (Wildman–Crippen LogP) is 3.36. The molecule has 0 radical (unpaired) electrons. The largest absolute Gasteiger partial charge is 0.351 e. The van der Waals surface area contributed by atoms with E-state index >= 15 is 0 Å². The number of carbonyl (C=O) groups excluding carboxylic acids is 1. The van der Waals surface area contributed by atoms with Crippen LogP contribution in [0.5, 0.6) is 0 Å². The highest BCUT2D eigenvalue weighted by molar-refractivity contribution is 5.95. The maximum absolute atomic E-state index is 12.5. The Balaban J connectivity index is 1.28. The summed E-state index contributed by atoms with van der Waals surface area (Å²) in [5.41, 5.74) is 2.89. The maximum atomic E-state index is 12.5. The van der Waals surface area contributed by atoms with Gasteiger partial charge in [-0.15, -0.1) is 0 Å². The van der Waals surface area contributed by atoms with Crippen molar-refractivity contribution >= 4 is 5.91 Å². The lowest BCUT2D eigenvalue weighted by Gasteiger charge is -2.16. The van der Waals surface area contributed by atoms with Gasteiger partial charge < -0.3 is 10.2 Å². The lowest BCUT2D eigenvalue weighted by molar-refractivity contribution is 0.0949. The Hall–Kier alpha value is -3.05. The minimum atomic E-state index is -0.0587. The van der Waals surface area contributed by atoms with Crippen LogP contribution in [0.25, 0.3) is 11.4 Å². The van der Waals surface area contributed by atoms with Crippen molar-refractivity contribution in [2.24, 2.45) is 0 Å². The molecule has 0 spiro atoms. The second-order valence-electron chi connectivity index (χ2n) is 7.11. The first-order valence-corrected chi connectivity index (χ1v) is 9.72. The Morgan fingerprint density at radius 2 is 1.86 bits per heavy atom. The zero-order valence-electron chi connectivity index (χ0n) is 15.8. The molecule has 4 rings (SSSR count). The van der Waals surface area contributed by atoms with E-state index in [9.17, 15) is 4.79 Å². The number of benzene rings is 2. The van der Waals surface area contributed by atoms with Crippen molar-refractivity contribution in [1.82, 2.24) is 20.2 Å². The molecule has 0 unspecified atom stereocenters. The van der Waals surface area contributed by atoms with Gasteiger partial charge in [0.05, 0.1) is 0 Å². The zero-order chi connectivity index (χ0) is 19.2. The highest BCUT2D eigenvalue weighted by Gasteiger charge is 2.23. The first-order valence-electron chi connectivity index (χ1n) is 9.72. The smallest absolute Gasteiger partial charge is 0.251 e. The molecule has 0 saturated carbocycles. The monoisotopic (exact) mass is 372 g/mol. The van der Waals surface area contributed by atoms with Gasteiger partial charge in [-0.1, -0.05) is 42.5 Å². The van der Waals surface area contributed by atoms with Crippen molar-refractivity contribution in [3.63, 3.8) is 0 Å². The Morgan fingerprint density at radius 1 is 1.04 bits per heavy atom. The molecule has 0 bridgehead atoms. The molecule has 142 valence electrons. The molecule has 1 fully saturated rings. The minimum absolute atomic E-state index is 0.0587. The number of aromatic nitrogens is 2. The molecule has 1 N–H and O–H groups in total. The molecule has 1 aromatic heterocycles. The number of nitrogens with one attached hydrogen (secondary N) is 1. The summed E-state index contributed by atoms with van der Waals surface area (Å²) >= 11 is 0. The van der Waals surface area contributed by atoms with Gasteiger partial charge in [-0.25, -0.2) is 9.97 Å². The highest BCUT2D eigenvalue weighted by Crippen LogP contribution is 2.26. The van der Waals surface area contributed by atoms with Crippen LogP contribution in [0, 0.1) is 0 Å². The van der Waals surface area contributed by atoms with Gasteiger partial charge >= 0.3 is 0 Å². The van der Waals surface area contributed by atoms with E-state index < -0.39 is 0 Å². The lowest BCUT2D eigenvalue weighted by Crippen LogP contribution is -2.33. The number of carbonyl (C=O) groups is 1. The summed E-state index contributed by atoms with van der Waals surface area (Å²) in [6, 6.07) is 19.9. The van der Waals surface area contributed by atoms with E-state index in [1.165, 1.54) is 12.0 Å². The number of likely N-dealkylation sites (tertiary alicyclic amines) is 1. The van der Waals surface area contributed by atoms with E-state index in [1.54, 1.807) is 18.5 Å². The van der Waals surface area contributed by atoms with Gasteiger partial charge in [-0.05, 0) is 42.6 Å². The summed E-state index contributed by atoms with van der Waals surface area (Å²) < 4.78 is 0. The summed E-state index contributed by atoms with van der Waals surface area (Å²) in [7, 11) is 0. The molecule has 5 heteroatoms. The van der Waals surface area contributed by atoms with Crippen LogP contribution in [0.3, 0.4) is 0 Å². The third-order valence-corrected chi connectivity index (χ3v) is 5.21. The molecule has 1 atom stereocenters. The minimum Gasteiger partial charge on any atom is -0.351 e. The molecule has 1 aliphatic rings. The Kier molecular flexibility index (Phi) is 5.73. The molecule has 0 aliphatic carbocycles. The van der Waals surface area contributed by atoms with Crippen molar-refractivity contribution in [1.29, 1.82) is 0 Å². The first kappa shape index (κ1) is 18.3. The van der Waals surface area contributed by atoms with Crippen LogP contribution < -0.4 is 5.32 Å². The van der Waals surface area contributed by atoms with E-state index in [2.05, 4.69) is 50.5 Å². The molecule has 1 amide bonds. The number of hydrogen-bond donors (Lipinski definition) is 1. The van der Waals surface area contributed by atoms with Gasteiger partial charge in [0.15, 0.2) is 5.82 Å². The van der Waals surface area contributed by atoms with Gasteiger partial charge in [0.1, 0.15) is 0 Å². The van der Waals surface area contributed by atoms with Crippen molar-refractivity contribution in [2.75, 3.05) is 26.2 Å². The molecule has 2 aromatic carbocycles.